The Morgan fingerprint density at radius 2 is 2.18 bits per heavy atom. The number of carbonyl (C=O) groups is 2. The highest BCUT2D eigenvalue weighted by molar-refractivity contribution is 6.01. The number of nitrogens with one attached hydrogen (secondary N) is 1. The first-order valence-electron chi connectivity index (χ1n) is 5.40. The van der Waals surface area contributed by atoms with Crippen LogP contribution in [0.25, 0.3) is 0 Å². The number of esters is 1. The average Bonchev–Trinajstić information content (AvgIpc) is 2.29. The van der Waals surface area contributed by atoms with E-state index >= 15 is 0 Å². The standard InChI is InChI=1S/C12H16N2O3/c1-2-17-12(16)7-11(15)14-10-5-3-4-9(6-10)8-13/h3-6H,2,7-8,13H2,1H3,(H,14,15). The van der Waals surface area contributed by atoms with Gasteiger partial charge in [-0.05, 0) is 24.6 Å². The zero-order chi connectivity index (χ0) is 12.7. The second-order valence-corrected chi connectivity index (χ2v) is 3.43. The van der Waals surface area contributed by atoms with Gasteiger partial charge in [0.05, 0.1) is 6.61 Å². The van der Waals surface area contributed by atoms with Crippen molar-refractivity contribution < 1.29 is 14.3 Å². The minimum atomic E-state index is -0.528. The molecule has 1 amide bonds. The maximum atomic E-state index is 11.5. The molecule has 0 aliphatic heterocycles. The Morgan fingerprint density at radius 1 is 1.41 bits per heavy atom. The molecule has 0 unspecified atom stereocenters. The van der Waals surface area contributed by atoms with Crippen molar-refractivity contribution in [3.63, 3.8) is 0 Å². The molecule has 17 heavy (non-hydrogen) atoms. The molecule has 1 aromatic rings. The summed E-state index contributed by atoms with van der Waals surface area (Å²) in [6, 6.07) is 7.16. The third kappa shape index (κ3) is 4.65. The lowest BCUT2D eigenvalue weighted by Crippen LogP contribution is -2.18. The van der Waals surface area contributed by atoms with Crippen LogP contribution in [0.15, 0.2) is 24.3 Å². The summed E-state index contributed by atoms with van der Waals surface area (Å²) in [6.07, 6.45) is -0.277. The van der Waals surface area contributed by atoms with E-state index in [1.54, 1.807) is 25.1 Å². The lowest BCUT2D eigenvalue weighted by atomic mass is 10.2. The van der Waals surface area contributed by atoms with Gasteiger partial charge in [0, 0.05) is 12.2 Å². The maximum Gasteiger partial charge on any atom is 0.315 e. The Bertz CT molecular complexity index is 404. The number of hydrogen-bond donors (Lipinski definition) is 2. The second-order valence-electron chi connectivity index (χ2n) is 3.43. The molecule has 0 spiro atoms. The molecule has 0 heterocycles. The molecule has 0 aromatic heterocycles. The van der Waals surface area contributed by atoms with E-state index < -0.39 is 11.9 Å². The summed E-state index contributed by atoms with van der Waals surface area (Å²) in [5.41, 5.74) is 7.03. The highest BCUT2D eigenvalue weighted by atomic mass is 16.5. The van der Waals surface area contributed by atoms with Crippen molar-refractivity contribution in [1.82, 2.24) is 0 Å². The van der Waals surface area contributed by atoms with Gasteiger partial charge in [-0.1, -0.05) is 12.1 Å². The van der Waals surface area contributed by atoms with Crippen LogP contribution in [0.2, 0.25) is 0 Å². The van der Waals surface area contributed by atoms with Crippen molar-refractivity contribution in [2.75, 3.05) is 11.9 Å². The van der Waals surface area contributed by atoms with E-state index in [9.17, 15) is 9.59 Å². The van der Waals surface area contributed by atoms with Gasteiger partial charge in [0.25, 0.3) is 0 Å². The lowest BCUT2D eigenvalue weighted by molar-refractivity contribution is -0.145. The van der Waals surface area contributed by atoms with Crippen LogP contribution in [-0.2, 0) is 20.9 Å². The molecule has 1 aromatic carbocycles. The number of anilines is 1. The van der Waals surface area contributed by atoms with Gasteiger partial charge >= 0.3 is 5.97 Å². The van der Waals surface area contributed by atoms with E-state index in [0.717, 1.165) is 5.56 Å². The monoisotopic (exact) mass is 236 g/mol. The first-order valence-corrected chi connectivity index (χ1v) is 5.40. The van der Waals surface area contributed by atoms with Gasteiger partial charge < -0.3 is 15.8 Å². The fraction of sp³-hybridized carbons (Fsp3) is 0.333. The van der Waals surface area contributed by atoms with E-state index in [1.807, 2.05) is 6.07 Å². The third-order valence-corrected chi connectivity index (χ3v) is 2.06. The Kier molecular flexibility index (Phi) is 5.16. The topological polar surface area (TPSA) is 81.4 Å². The molecular formula is C12H16N2O3. The summed E-state index contributed by atoms with van der Waals surface area (Å²) in [5, 5.41) is 2.61. The second kappa shape index (κ2) is 6.65. The molecule has 0 aliphatic carbocycles. The molecule has 92 valence electrons. The van der Waals surface area contributed by atoms with Crippen LogP contribution in [0.5, 0.6) is 0 Å². The van der Waals surface area contributed by atoms with Gasteiger partial charge in [-0.2, -0.15) is 0 Å². The molecule has 0 aliphatic rings. The largest absolute Gasteiger partial charge is 0.466 e. The predicted octanol–water partition coefficient (Wildman–Crippen LogP) is 1.04. The van der Waals surface area contributed by atoms with Gasteiger partial charge in [-0.15, -0.1) is 0 Å². The van der Waals surface area contributed by atoms with Crippen LogP contribution in [0, 0.1) is 0 Å². The molecule has 1 rings (SSSR count). The summed E-state index contributed by atoms with van der Waals surface area (Å²) in [5.74, 6) is -0.919. The number of rotatable bonds is 5. The Balaban J connectivity index is 2.52. The smallest absolute Gasteiger partial charge is 0.315 e. The van der Waals surface area contributed by atoms with Crippen LogP contribution in [0.3, 0.4) is 0 Å². The van der Waals surface area contributed by atoms with Gasteiger partial charge in [0.1, 0.15) is 6.42 Å². The van der Waals surface area contributed by atoms with Crippen molar-refractivity contribution in [2.45, 2.75) is 19.9 Å². The van der Waals surface area contributed by atoms with E-state index in [1.165, 1.54) is 0 Å². The number of hydrogen-bond acceptors (Lipinski definition) is 4. The number of ether oxygens (including phenoxy) is 1. The van der Waals surface area contributed by atoms with Gasteiger partial charge in [-0.25, -0.2) is 0 Å². The van der Waals surface area contributed by atoms with E-state index in [0.29, 0.717) is 12.2 Å². The van der Waals surface area contributed by atoms with E-state index in [-0.39, 0.29) is 13.0 Å². The number of nitrogens with two attached hydrogens (primary N) is 1. The molecule has 0 bridgehead atoms. The highest BCUT2D eigenvalue weighted by Crippen LogP contribution is 2.10. The normalized spacial score (nSPS) is 9.76. The van der Waals surface area contributed by atoms with Gasteiger partial charge in [0.2, 0.25) is 5.91 Å². The van der Waals surface area contributed by atoms with Crippen LogP contribution in [-0.4, -0.2) is 18.5 Å². The van der Waals surface area contributed by atoms with Crippen molar-refractivity contribution in [3.05, 3.63) is 29.8 Å². The van der Waals surface area contributed by atoms with Crippen molar-refractivity contribution >= 4 is 17.6 Å². The quantitative estimate of drug-likeness (QED) is 0.591. The summed E-state index contributed by atoms with van der Waals surface area (Å²) in [4.78, 5) is 22.5. The molecule has 5 heteroatoms. The molecule has 3 N–H and O–H groups in total. The number of amides is 1. The Hall–Kier alpha value is -1.88. The molecule has 0 atom stereocenters. The number of benzene rings is 1. The van der Waals surface area contributed by atoms with E-state index in [4.69, 9.17) is 5.73 Å². The number of carbonyl (C=O) groups excluding carboxylic acids is 2. The van der Waals surface area contributed by atoms with Crippen LogP contribution in [0.4, 0.5) is 5.69 Å². The minimum Gasteiger partial charge on any atom is -0.466 e. The Labute approximate surface area is 99.9 Å². The molecule has 0 saturated carbocycles. The van der Waals surface area contributed by atoms with Crippen LogP contribution >= 0.6 is 0 Å². The Morgan fingerprint density at radius 3 is 2.82 bits per heavy atom. The van der Waals surface area contributed by atoms with Crippen LogP contribution < -0.4 is 11.1 Å². The lowest BCUT2D eigenvalue weighted by Gasteiger charge is -2.06. The first kappa shape index (κ1) is 13.2. The third-order valence-electron chi connectivity index (χ3n) is 2.06. The molecule has 0 fully saturated rings. The van der Waals surface area contributed by atoms with Crippen molar-refractivity contribution in [2.24, 2.45) is 5.73 Å². The SMILES string of the molecule is CCOC(=O)CC(=O)Nc1cccc(CN)c1. The zero-order valence-corrected chi connectivity index (χ0v) is 9.73. The predicted molar refractivity (Wildman–Crippen MR) is 64.2 cm³/mol. The summed E-state index contributed by atoms with van der Waals surface area (Å²) in [6.45, 7) is 2.37. The fourth-order valence-corrected chi connectivity index (χ4v) is 1.32. The minimum absolute atomic E-state index is 0.273. The molecule has 0 radical (unpaired) electrons. The van der Waals surface area contributed by atoms with E-state index in [2.05, 4.69) is 10.1 Å². The summed E-state index contributed by atoms with van der Waals surface area (Å²) in [7, 11) is 0. The van der Waals surface area contributed by atoms with Gasteiger partial charge in [-0.3, -0.25) is 9.59 Å². The summed E-state index contributed by atoms with van der Waals surface area (Å²) >= 11 is 0. The molecule has 0 saturated heterocycles. The van der Waals surface area contributed by atoms with Crippen molar-refractivity contribution in [1.29, 1.82) is 0 Å². The molecular weight excluding hydrogens is 220 g/mol. The average molecular weight is 236 g/mol. The zero-order valence-electron chi connectivity index (χ0n) is 9.73. The van der Waals surface area contributed by atoms with Crippen LogP contribution in [0.1, 0.15) is 18.9 Å². The fourth-order valence-electron chi connectivity index (χ4n) is 1.32. The van der Waals surface area contributed by atoms with Crippen molar-refractivity contribution in [3.8, 4) is 0 Å². The van der Waals surface area contributed by atoms with Gasteiger partial charge in [0.15, 0.2) is 0 Å². The maximum absolute atomic E-state index is 11.5. The highest BCUT2D eigenvalue weighted by Gasteiger charge is 2.10. The molecule has 5 nitrogen and oxygen atoms in total. The first-order chi connectivity index (χ1) is 8.15. The summed E-state index contributed by atoms with van der Waals surface area (Å²) < 4.78 is 4.68.